The van der Waals surface area contributed by atoms with Crippen LogP contribution in [-0.4, -0.2) is 169 Å². The maximum Gasteiger partial charge on any atom is 0.306 e. The first kappa shape index (κ1) is 58.7. The molecule has 8 aliphatic rings. The van der Waals surface area contributed by atoms with Crippen molar-refractivity contribution in [2.75, 3.05) is 63.8 Å². The van der Waals surface area contributed by atoms with Crippen molar-refractivity contribution in [1.29, 1.82) is 0 Å². The Labute approximate surface area is 469 Å². The average Bonchev–Trinajstić information content (AvgIpc) is 4.25. The summed E-state index contributed by atoms with van der Waals surface area (Å²) in [7, 11) is 9.31. The largest absolute Gasteiger partial charge is 0.485 e. The molecule has 20 heteroatoms. The monoisotopic (exact) mass is 1150 g/mol. The van der Waals surface area contributed by atoms with Gasteiger partial charge in [0.15, 0.2) is 16.9 Å². The minimum Gasteiger partial charge on any atom is -0.485 e. The summed E-state index contributed by atoms with van der Waals surface area (Å²) < 4.78 is 32.7. The van der Waals surface area contributed by atoms with Crippen LogP contribution in [0.25, 0.3) is 11.0 Å². The fourth-order valence-corrected chi connectivity index (χ4v) is 23.7. The lowest BCUT2D eigenvalue weighted by Gasteiger charge is -2.67. The maximum absolute atomic E-state index is 13.9. The standard InChI is InChI=1S/C57H86N2O14S4/c1-4-69-46(65)16-10-35-24-36-18-22-70-48(36)50-49(35)72-52-57(68)47-37(8-12-42(63)41(47)29-61)26-55(67,51(57)66)56(73-52)32-76-77-54-27-39(53(19-17-34(25-53)28-58-3)43(54)13-11-40(62)6-5-21-60)31-75-74-30-38(9-15-45(56)64)33(2)7-14-44(54)59-20-23-71-50/h8,12,18,22,24,33-34,37-45,47,51-52,58-64,66-68H,4-7,9-11,13-17,19-21,23,25-32H2,1-3H3/t33-,34-,37+,38-,39+,40-,41-,42-,43+,44+,45+,47-,51+,52-,53-,54-,55+,56-,57-/m1/s1. The molecule has 3 saturated carbocycles. The molecule has 4 aliphatic carbocycles. The maximum atomic E-state index is 13.9. The molecule has 0 amide bonds. The molecule has 10 rings (SSSR count). The second kappa shape index (κ2) is 24.4. The predicted molar refractivity (Wildman–Crippen MR) is 302 cm³/mol. The summed E-state index contributed by atoms with van der Waals surface area (Å²) in [6.07, 6.45) is 6.85. The number of aliphatic hydroxyl groups is 8. The lowest BCUT2D eigenvalue weighted by atomic mass is 9.50. The number of hydrogen-bond donors (Lipinski definition) is 10. The quantitative estimate of drug-likeness (QED) is 0.0626. The van der Waals surface area contributed by atoms with Crippen LogP contribution in [0.15, 0.2) is 35.0 Å². The molecular weight excluding hydrogens is 1060 g/mol. The number of nitrogens with one attached hydrogen (secondary N) is 2. The molecule has 1 aromatic heterocycles. The number of furan rings is 1. The first-order valence-corrected chi connectivity index (χ1v) is 33.6. The van der Waals surface area contributed by atoms with Gasteiger partial charge in [-0.2, -0.15) is 0 Å². The van der Waals surface area contributed by atoms with Gasteiger partial charge in [0, 0.05) is 71.4 Å². The van der Waals surface area contributed by atoms with E-state index in [0.29, 0.717) is 60.6 Å². The van der Waals surface area contributed by atoms with Crippen LogP contribution in [0.3, 0.4) is 0 Å². The van der Waals surface area contributed by atoms with Crippen LogP contribution in [-0.2, 0) is 20.7 Å². The van der Waals surface area contributed by atoms with Crippen molar-refractivity contribution in [2.24, 2.45) is 52.8 Å². The lowest BCUT2D eigenvalue weighted by Crippen LogP contribution is -2.86. The summed E-state index contributed by atoms with van der Waals surface area (Å²) in [6, 6.07) is 3.58. The van der Waals surface area contributed by atoms with E-state index in [-0.39, 0.29) is 92.0 Å². The highest BCUT2D eigenvalue weighted by Gasteiger charge is 2.78. The minimum absolute atomic E-state index is 0.0171. The number of carbonyl (C=O) groups excluding carboxylic acids is 1. The Balaban J connectivity index is 1.19. The van der Waals surface area contributed by atoms with E-state index in [1.165, 1.54) is 0 Å². The Hall–Kier alpha value is -1.47. The number of esters is 1. The van der Waals surface area contributed by atoms with E-state index in [0.717, 1.165) is 63.0 Å². The van der Waals surface area contributed by atoms with E-state index in [1.54, 1.807) is 42.2 Å². The van der Waals surface area contributed by atoms with E-state index in [1.807, 2.05) is 45.5 Å². The van der Waals surface area contributed by atoms with Crippen molar-refractivity contribution in [1.82, 2.24) is 10.6 Å². The Kier molecular flexibility index (Phi) is 18.6. The lowest BCUT2D eigenvalue weighted by molar-refractivity contribution is -0.424. The Morgan fingerprint density at radius 3 is 2.62 bits per heavy atom. The summed E-state index contributed by atoms with van der Waals surface area (Å²) in [5, 5.41) is 107. The van der Waals surface area contributed by atoms with Crippen molar-refractivity contribution in [3.8, 4) is 11.5 Å². The number of aliphatic hydroxyl groups excluding tert-OH is 6. The minimum atomic E-state index is -2.51. The molecule has 432 valence electrons. The van der Waals surface area contributed by atoms with Crippen molar-refractivity contribution < 1.29 is 69.0 Å². The van der Waals surface area contributed by atoms with Gasteiger partial charge >= 0.3 is 5.97 Å². The van der Waals surface area contributed by atoms with Crippen LogP contribution in [0.1, 0.15) is 109 Å². The SMILES string of the molecule is CCOC(=O)CCc1cc2ccoc2c2c1O[C@@H]1O[C@@]3(CSS[C@@]45C[C@@H](CSSC[C@@H](CC[C@@H]3O)[C@H](C)CC[C@@H]4NCCO2)[C@]2(CC[C@@H](CNC)C2)[C@@H]5CC[C@H](O)CCCO)[C@]2(O)C[C@@H]3C=C[C@@H](O)[C@@H](CO)[C@@H]3[C@@]1(O)[C@H]2O. The van der Waals surface area contributed by atoms with Gasteiger partial charge in [0.1, 0.15) is 23.9 Å². The molecule has 6 fully saturated rings. The summed E-state index contributed by atoms with van der Waals surface area (Å²) in [5.74, 6) is 0.213. The summed E-state index contributed by atoms with van der Waals surface area (Å²) in [4.78, 5) is 13.1. The molecule has 8 bridgehead atoms. The van der Waals surface area contributed by atoms with Crippen LogP contribution < -0.4 is 20.1 Å². The highest BCUT2D eigenvalue weighted by atomic mass is 33.1. The number of aryl methyl sites for hydroxylation is 1. The number of allylic oxidation sites excluding steroid dienone is 1. The first-order chi connectivity index (χ1) is 37.1. The highest BCUT2D eigenvalue weighted by Crippen LogP contribution is 2.71. The van der Waals surface area contributed by atoms with E-state index < -0.39 is 82.6 Å². The zero-order chi connectivity index (χ0) is 54.3. The molecule has 2 aromatic rings. The normalized spacial score (nSPS) is 42.6. The molecule has 19 atom stereocenters. The van der Waals surface area contributed by atoms with E-state index in [2.05, 4.69) is 17.6 Å². The molecule has 10 N–H and O–H groups in total. The zero-order valence-corrected chi connectivity index (χ0v) is 48.4. The smallest absolute Gasteiger partial charge is 0.306 e. The Morgan fingerprint density at radius 2 is 1.83 bits per heavy atom. The number of rotatable bonds is 13. The summed E-state index contributed by atoms with van der Waals surface area (Å²) in [6.45, 7) is 5.22. The number of benzene rings is 1. The van der Waals surface area contributed by atoms with Gasteiger partial charge < -0.3 is 74.9 Å². The fourth-order valence-electron chi connectivity index (χ4n) is 16.3. The van der Waals surface area contributed by atoms with Crippen LogP contribution in [0, 0.1) is 52.8 Å². The van der Waals surface area contributed by atoms with Gasteiger partial charge in [-0.15, -0.1) is 0 Å². The van der Waals surface area contributed by atoms with E-state index >= 15 is 0 Å². The fraction of sp³-hybridized carbons (Fsp3) is 0.807. The van der Waals surface area contributed by atoms with Crippen molar-refractivity contribution >= 4 is 60.1 Å². The molecule has 0 radical (unpaired) electrons. The van der Waals surface area contributed by atoms with Gasteiger partial charge in [-0.05, 0) is 169 Å². The molecule has 5 heterocycles. The van der Waals surface area contributed by atoms with Gasteiger partial charge in [-0.1, -0.05) is 62.3 Å². The molecule has 4 aliphatic heterocycles. The number of ether oxygens (including phenoxy) is 4. The third-order valence-electron chi connectivity index (χ3n) is 20.2. The number of hydrogen-bond acceptors (Lipinski definition) is 20. The Morgan fingerprint density at radius 1 is 1.00 bits per heavy atom. The topological polar surface area (TPSA) is 253 Å². The first-order valence-electron chi connectivity index (χ1n) is 28.8. The van der Waals surface area contributed by atoms with Crippen LogP contribution in [0.2, 0.25) is 0 Å². The summed E-state index contributed by atoms with van der Waals surface area (Å²) >= 11 is 0. The van der Waals surface area contributed by atoms with Crippen LogP contribution in [0.4, 0.5) is 0 Å². The summed E-state index contributed by atoms with van der Waals surface area (Å²) in [5.41, 5.74) is -6.02. The third kappa shape index (κ3) is 10.6. The number of carbonyl (C=O) groups is 1. The molecular formula is C57H86N2O14S4. The predicted octanol–water partition coefficient (Wildman–Crippen LogP) is 6.01. The van der Waals surface area contributed by atoms with E-state index in [4.69, 9.17) is 23.4 Å². The average molecular weight is 1150 g/mol. The highest BCUT2D eigenvalue weighted by molar-refractivity contribution is 8.77. The van der Waals surface area contributed by atoms with Gasteiger partial charge in [0.25, 0.3) is 0 Å². The molecule has 3 saturated heterocycles. The molecule has 1 aromatic carbocycles. The second-order valence-electron chi connectivity index (χ2n) is 24.2. The van der Waals surface area contributed by atoms with Gasteiger partial charge in [-0.3, -0.25) is 4.79 Å². The van der Waals surface area contributed by atoms with E-state index in [9.17, 15) is 45.6 Å². The third-order valence-corrected chi connectivity index (χ3v) is 26.2. The molecule has 0 unspecified atom stereocenters. The zero-order valence-electron chi connectivity index (χ0n) is 45.1. The van der Waals surface area contributed by atoms with Crippen molar-refractivity contribution in [2.45, 2.75) is 168 Å². The Bertz CT molecular complexity index is 2370. The van der Waals surface area contributed by atoms with Crippen LogP contribution >= 0.6 is 43.2 Å². The van der Waals surface area contributed by atoms with Crippen molar-refractivity contribution in [3.63, 3.8) is 0 Å². The van der Waals surface area contributed by atoms with Crippen LogP contribution in [0.5, 0.6) is 11.5 Å². The second-order valence-corrected chi connectivity index (χ2v) is 29.4. The van der Waals surface area contributed by atoms with Gasteiger partial charge in [0.2, 0.25) is 12.0 Å². The molecule has 77 heavy (non-hydrogen) atoms. The molecule has 16 nitrogen and oxygen atoms in total. The van der Waals surface area contributed by atoms with Gasteiger partial charge in [-0.25, -0.2) is 0 Å². The number of fused-ring (bicyclic) bond motifs is 16. The van der Waals surface area contributed by atoms with Crippen molar-refractivity contribution in [3.05, 3.63) is 36.1 Å². The molecule has 3 spiro atoms. The van der Waals surface area contributed by atoms with Gasteiger partial charge in [0.05, 0.1) is 31.2 Å².